The number of carbonyl (C=O) groups is 1. The predicted octanol–water partition coefficient (Wildman–Crippen LogP) is 5.19. The van der Waals surface area contributed by atoms with Crippen LogP contribution in [-0.4, -0.2) is 22.5 Å². The van der Waals surface area contributed by atoms with Gasteiger partial charge in [-0.25, -0.2) is 18.6 Å². The number of hydrogen-bond donors (Lipinski definition) is 0. The van der Waals surface area contributed by atoms with E-state index in [1.165, 1.54) is 12.3 Å². The largest absolute Gasteiger partial charge is 0.461 e. The highest BCUT2D eigenvalue weighted by Gasteiger charge is 2.33. The average Bonchev–Trinajstić information content (AvgIpc) is 2.72. The van der Waals surface area contributed by atoms with Crippen LogP contribution in [-0.2, 0) is 10.2 Å². The maximum atomic E-state index is 14.8. The fraction of sp³-hybridized carbons (Fsp3) is 0.261. The third-order valence-corrected chi connectivity index (χ3v) is 5.24. The maximum absolute atomic E-state index is 14.8. The first-order chi connectivity index (χ1) is 13.8. The quantitative estimate of drug-likeness (QED) is 0.538. The van der Waals surface area contributed by atoms with Gasteiger partial charge in [-0.1, -0.05) is 32.9 Å². The van der Waals surface area contributed by atoms with Crippen molar-refractivity contribution in [1.29, 1.82) is 0 Å². The predicted molar refractivity (Wildman–Crippen MR) is 106 cm³/mol. The van der Waals surface area contributed by atoms with Gasteiger partial charge in [0, 0.05) is 24.0 Å². The molecule has 0 radical (unpaired) electrons. The van der Waals surface area contributed by atoms with E-state index in [9.17, 15) is 13.6 Å². The number of carbonyl (C=O) groups excluding carboxylic acids is 1. The summed E-state index contributed by atoms with van der Waals surface area (Å²) < 4.78 is 34.3. The lowest BCUT2D eigenvalue weighted by Gasteiger charge is -2.34. The molecule has 0 saturated heterocycles. The highest BCUT2D eigenvalue weighted by atomic mass is 19.1. The first kappa shape index (κ1) is 20.6. The summed E-state index contributed by atoms with van der Waals surface area (Å²) in [6.45, 7) is 5.68. The van der Waals surface area contributed by atoms with E-state index >= 15 is 0 Å². The Morgan fingerprint density at radius 2 is 1.76 bits per heavy atom. The van der Waals surface area contributed by atoms with Crippen LogP contribution in [0.2, 0.25) is 0 Å². The second-order valence-corrected chi connectivity index (χ2v) is 7.46. The molecule has 1 atom stereocenters. The fourth-order valence-electron chi connectivity index (χ4n) is 3.08. The van der Waals surface area contributed by atoms with Crippen LogP contribution in [0.5, 0.6) is 0 Å². The average molecular weight is 396 g/mol. The summed E-state index contributed by atoms with van der Waals surface area (Å²) in [5.41, 5.74) is 0.643. The lowest BCUT2D eigenvalue weighted by molar-refractivity contribution is 0.0392. The van der Waals surface area contributed by atoms with Gasteiger partial charge in [0.05, 0.1) is 12.3 Å². The number of pyridine rings is 2. The van der Waals surface area contributed by atoms with Crippen molar-refractivity contribution in [2.75, 3.05) is 6.61 Å². The monoisotopic (exact) mass is 396 g/mol. The number of benzene rings is 1. The van der Waals surface area contributed by atoms with Crippen molar-refractivity contribution in [3.8, 4) is 11.3 Å². The lowest BCUT2D eigenvalue weighted by Crippen LogP contribution is -2.32. The Balaban J connectivity index is 1.89. The molecule has 0 N–H and O–H groups in total. The van der Waals surface area contributed by atoms with E-state index in [4.69, 9.17) is 4.74 Å². The summed E-state index contributed by atoms with van der Waals surface area (Å²) in [4.78, 5) is 20.4. The van der Waals surface area contributed by atoms with E-state index < -0.39 is 23.0 Å². The van der Waals surface area contributed by atoms with Crippen LogP contribution in [0.3, 0.4) is 0 Å². The van der Waals surface area contributed by atoms with Crippen molar-refractivity contribution in [2.24, 2.45) is 5.92 Å². The van der Waals surface area contributed by atoms with Crippen LogP contribution in [0.1, 0.15) is 36.8 Å². The lowest BCUT2D eigenvalue weighted by atomic mass is 9.72. The summed E-state index contributed by atoms with van der Waals surface area (Å²) in [5, 5.41) is 0. The van der Waals surface area contributed by atoms with E-state index in [-0.39, 0.29) is 23.8 Å². The number of esters is 1. The number of rotatable bonds is 6. The zero-order valence-electron chi connectivity index (χ0n) is 16.5. The van der Waals surface area contributed by atoms with Gasteiger partial charge in [0.15, 0.2) is 0 Å². The highest BCUT2D eigenvalue weighted by molar-refractivity contribution is 5.87. The zero-order chi connectivity index (χ0) is 21.0. The Bertz CT molecular complexity index is 993. The molecule has 0 unspecified atom stereocenters. The molecular formula is C23H22F2N2O2. The molecule has 0 fully saturated rings. The second-order valence-electron chi connectivity index (χ2n) is 7.46. The number of aromatic nitrogens is 2. The zero-order valence-corrected chi connectivity index (χ0v) is 16.5. The number of nitrogens with zero attached hydrogens (tertiary/aromatic N) is 2. The Morgan fingerprint density at radius 1 is 1.07 bits per heavy atom. The minimum atomic E-state index is -0.708. The summed E-state index contributed by atoms with van der Waals surface area (Å²) in [7, 11) is 0. The number of ether oxygens (including phenoxy) is 1. The molecule has 1 aromatic carbocycles. The third-order valence-electron chi connectivity index (χ3n) is 5.24. The van der Waals surface area contributed by atoms with Crippen LogP contribution >= 0.6 is 0 Å². The Hall–Kier alpha value is -3.15. The molecule has 150 valence electrons. The van der Waals surface area contributed by atoms with Gasteiger partial charge in [0.2, 0.25) is 0 Å². The molecule has 2 aromatic heterocycles. The molecule has 0 amide bonds. The number of hydrogen-bond acceptors (Lipinski definition) is 4. The first-order valence-corrected chi connectivity index (χ1v) is 9.29. The minimum absolute atomic E-state index is 0.0716. The molecule has 2 heterocycles. The van der Waals surface area contributed by atoms with Crippen LogP contribution in [0.4, 0.5) is 8.78 Å². The van der Waals surface area contributed by atoms with Crippen LogP contribution in [0.15, 0.2) is 60.9 Å². The maximum Gasteiger partial charge on any atom is 0.356 e. The van der Waals surface area contributed by atoms with Crippen molar-refractivity contribution in [2.45, 2.75) is 26.2 Å². The molecule has 0 bridgehead atoms. The molecule has 29 heavy (non-hydrogen) atoms. The van der Waals surface area contributed by atoms with E-state index in [1.807, 2.05) is 20.8 Å². The molecule has 0 spiro atoms. The molecule has 3 aromatic rings. The van der Waals surface area contributed by atoms with Crippen LogP contribution in [0.25, 0.3) is 11.3 Å². The summed E-state index contributed by atoms with van der Waals surface area (Å²) in [6, 6.07) is 12.3. The smallest absolute Gasteiger partial charge is 0.356 e. The topological polar surface area (TPSA) is 52.1 Å². The first-order valence-electron chi connectivity index (χ1n) is 9.29. The number of halogens is 2. The SMILES string of the molecule is C[C@H](COC(=O)c1ccccn1)C(C)(C)c1cc(F)cc(F)c1-c1ccccn1. The van der Waals surface area contributed by atoms with Gasteiger partial charge in [0.25, 0.3) is 0 Å². The Morgan fingerprint density at radius 3 is 2.38 bits per heavy atom. The normalized spacial score (nSPS) is 12.4. The van der Waals surface area contributed by atoms with Gasteiger partial charge in [0.1, 0.15) is 17.3 Å². The summed E-state index contributed by atoms with van der Waals surface area (Å²) in [5.74, 6) is -2.12. The fourth-order valence-corrected chi connectivity index (χ4v) is 3.08. The van der Waals surface area contributed by atoms with Gasteiger partial charge in [-0.3, -0.25) is 4.98 Å². The van der Waals surface area contributed by atoms with Crippen LogP contribution < -0.4 is 0 Å². The molecule has 3 rings (SSSR count). The summed E-state index contributed by atoms with van der Waals surface area (Å²) in [6.07, 6.45) is 3.07. The highest BCUT2D eigenvalue weighted by Crippen LogP contribution is 2.39. The van der Waals surface area contributed by atoms with Gasteiger partial charge in [-0.15, -0.1) is 0 Å². The third kappa shape index (κ3) is 4.47. The molecule has 0 aliphatic rings. The molecular weight excluding hydrogens is 374 g/mol. The van der Waals surface area contributed by atoms with Gasteiger partial charge >= 0.3 is 5.97 Å². The second kappa shape index (κ2) is 8.47. The van der Waals surface area contributed by atoms with Crippen molar-refractivity contribution in [1.82, 2.24) is 9.97 Å². The standard InChI is InChI=1S/C23H22F2N2O2/c1-15(14-29-22(28)20-9-5-7-11-27-20)23(2,3)17-12-16(24)13-18(25)21(17)19-8-4-6-10-26-19/h4-13,15H,14H2,1-3H3/t15-/m1/s1. The van der Waals surface area contributed by atoms with Gasteiger partial charge in [-0.2, -0.15) is 0 Å². The Labute approximate surface area is 168 Å². The van der Waals surface area contributed by atoms with Crippen molar-refractivity contribution in [3.05, 3.63) is 83.8 Å². The molecule has 4 nitrogen and oxygen atoms in total. The molecule has 0 aliphatic carbocycles. The van der Waals surface area contributed by atoms with E-state index in [0.717, 1.165) is 6.07 Å². The van der Waals surface area contributed by atoms with Gasteiger partial charge in [-0.05, 0) is 47.2 Å². The molecule has 0 saturated carbocycles. The van der Waals surface area contributed by atoms with E-state index in [0.29, 0.717) is 11.3 Å². The van der Waals surface area contributed by atoms with Crippen molar-refractivity contribution >= 4 is 5.97 Å². The summed E-state index contributed by atoms with van der Waals surface area (Å²) >= 11 is 0. The van der Waals surface area contributed by atoms with E-state index in [2.05, 4.69) is 9.97 Å². The van der Waals surface area contributed by atoms with Crippen LogP contribution in [0, 0.1) is 17.6 Å². The van der Waals surface area contributed by atoms with Crippen molar-refractivity contribution < 1.29 is 18.3 Å². The van der Waals surface area contributed by atoms with Gasteiger partial charge < -0.3 is 4.74 Å². The van der Waals surface area contributed by atoms with Crippen molar-refractivity contribution in [3.63, 3.8) is 0 Å². The van der Waals surface area contributed by atoms with E-state index in [1.54, 1.807) is 42.6 Å². The minimum Gasteiger partial charge on any atom is -0.461 e. The molecule has 0 aliphatic heterocycles. The Kier molecular flexibility index (Phi) is 6.01. The molecule has 6 heteroatoms.